The van der Waals surface area contributed by atoms with Crippen molar-refractivity contribution in [1.82, 2.24) is 10.6 Å². The van der Waals surface area contributed by atoms with E-state index in [2.05, 4.69) is 10.6 Å². The Morgan fingerprint density at radius 3 is 2.36 bits per heavy atom. The van der Waals surface area contributed by atoms with Crippen LogP contribution in [0, 0.1) is 5.41 Å². The van der Waals surface area contributed by atoms with E-state index in [4.69, 9.17) is 4.74 Å². The van der Waals surface area contributed by atoms with Crippen LogP contribution in [0.3, 0.4) is 0 Å². The summed E-state index contributed by atoms with van der Waals surface area (Å²) in [5.74, 6) is -1.37. The summed E-state index contributed by atoms with van der Waals surface area (Å²) in [6.45, 7) is 0.575. The van der Waals surface area contributed by atoms with E-state index in [1.807, 2.05) is 30.3 Å². The largest absolute Gasteiger partial charge is 0.396 e. The predicted molar refractivity (Wildman–Crippen MR) is 82.3 cm³/mol. The van der Waals surface area contributed by atoms with Gasteiger partial charge in [-0.1, -0.05) is 30.3 Å². The molecule has 0 aromatic heterocycles. The summed E-state index contributed by atoms with van der Waals surface area (Å²) >= 11 is 0. The third kappa shape index (κ3) is 3.63. The number of benzene rings is 1. The van der Waals surface area contributed by atoms with Gasteiger partial charge in [0.1, 0.15) is 12.1 Å². The third-order valence-corrected chi connectivity index (χ3v) is 4.75. The maximum Gasteiger partial charge on any atom is 0.396 e. The van der Waals surface area contributed by atoms with Crippen LogP contribution in [-0.4, -0.2) is 36.7 Å². The highest BCUT2D eigenvalue weighted by molar-refractivity contribution is 5.97. The quantitative estimate of drug-likeness (QED) is 0.766. The number of hydrogen-bond donors (Lipinski definition) is 2. The van der Waals surface area contributed by atoms with Crippen molar-refractivity contribution in [2.24, 2.45) is 5.41 Å². The van der Waals surface area contributed by atoms with Crippen LogP contribution >= 0.6 is 0 Å². The summed E-state index contributed by atoms with van der Waals surface area (Å²) in [5, 5.41) is 4.66. The van der Waals surface area contributed by atoms with Crippen LogP contribution in [-0.2, 0) is 20.9 Å². The molecule has 1 aromatic carbocycles. The van der Waals surface area contributed by atoms with Crippen LogP contribution in [0.25, 0.3) is 0 Å². The molecule has 2 fully saturated rings. The molecule has 136 valence electrons. The number of alkyl halides is 3. The first-order valence-electron chi connectivity index (χ1n) is 8.13. The average molecular weight is 356 g/mol. The number of ether oxygens (including phenoxy) is 1. The van der Waals surface area contributed by atoms with E-state index in [9.17, 15) is 22.8 Å². The summed E-state index contributed by atoms with van der Waals surface area (Å²) in [4.78, 5) is 24.1. The number of carbonyl (C=O) groups is 2. The lowest BCUT2D eigenvalue weighted by atomic mass is 9.92. The van der Waals surface area contributed by atoms with Crippen molar-refractivity contribution in [3.63, 3.8) is 0 Å². The van der Waals surface area contributed by atoms with Crippen LogP contribution in [0.15, 0.2) is 30.3 Å². The number of rotatable bonds is 6. The van der Waals surface area contributed by atoms with Crippen LogP contribution < -0.4 is 10.6 Å². The Morgan fingerprint density at radius 2 is 1.76 bits per heavy atom. The molecular weight excluding hydrogens is 337 g/mol. The van der Waals surface area contributed by atoms with Gasteiger partial charge in [-0.05, 0) is 24.8 Å². The molecule has 8 heteroatoms. The number of carbonyl (C=O) groups excluding carboxylic acids is 2. The summed E-state index contributed by atoms with van der Waals surface area (Å²) in [6, 6.07) is 7.02. The first kappa shape index (κ1) is 17.7. The lowest BCUT2D eigenvalue weighted by Crippen LogP contribution is -2.66. The van der Waals surface area contributed by atoms with Gasteiger partial charge in [0.15, 0.2) is 0 Å². The van der Waals surface area contributed by atoms with Gasteiger partial charge in [-0.3, -0.25) is 9.59 Å². The summed E-state index contributed by atoms with van der Waals surface area (Å²) in [5.41, 5.74) is -1.14. The van der Waals surface area contributed by atoms with Crippen molar-refractivity contribution in [1.29, 1.82) is 0 Å². The SMILES string of the molecule is O=C1NC(C2(C(F)(F)F)CC2)C(=O)NC1CCOCc1ccccc1. The van der Waals surface area contributed by atoms with Gasteiger partial charge in [-0.2, -0.15) is 13.2 Å². The topological polar surface area (TPSA) is 67.4 Å². The highest BCUT2D eigenvalue weighted by Crippen LogP contribution is 2.60. The van der Waals surface area contributed by atoms with Crippen molar-refractivity contribution < 1.29 is 27.5 Å². The summed E-state index contributed by atoms with van der Waals surface area (Å²) in [7, 11) is 0. The minimum absolute atomic E-state index is 0.139. The van der Waals surface area contributed by atoms with Gasteiger partial charge in [-0.25, -0.2) is 0 Å². The third-order valence-electron chi connectivity index (χ3n) is 4.75. The Bertz CT molecular complexity index is 644. The van der Waals surface area contributed by atoms with Crippen LogP contribution in [0.2, 0.25) is 0 Å². The fraction of sp³-hybridized carbons (Fsp3) is 0.529. The maximum atomic E-state index is 13.1. The van der Waals surface area contributed by atoms with Gasteiger partial charge in [0, 0.05) is 6.61 Å². The number of hydrogen-bond acceptors (Lipinski definition) is 3. The zero-order chi connectivity index (χ0) is 18.1. The molecule has 0 bridgehead atoms. The van der Waals surface area contributed by atoms with E-state index >= 15 is 0 Å². The lowest BCUT2D eigenvalue weighted by molar-refractivity contribution is -0.199. The zero-order valence-corrected chi connectivity index (χ0v) is 13.4. The molecule has 5 nitrogen and oxygen atoms in total. The van der Waals surface area contributed by atoms with Crippen LogP contribution in [0.5, 0.6) is 0 Å². The molecule has 3 rings (SSSR count). The minimum Gasteiger partial charge on any atom is -0.377 e. The lowest BCUT2D eigenvalue weighted by Gasteiger charge is -2.35. The predicted octanol–water partition coefficient (Wildman–Crippen LogP) is 1.92. The monoisotopic (exact) mass is 356 g/mol. The van der Waals surface area contributed by atoms with Gasteiger partial charge in [0.05, 0.1) is 12.0 Å². The van der Waals surface area contributed by atoms with Gasteiger partial charge in [-0.15, -0.1) is 0 Å². The molecule has 25 heavy (non-hydrogen) atoms. The second-order valence-electron chi connectivity index (χ2n) is 6.48. The Balaban J connectivity index is 1.50. The van der Waals surface area contributed by atoms with E-state index < -0.39 is 35.5 Å². The van der Waals surface area contributed by atoms with Crippen molar-refractivity contribution in [2.45, 2.75) is 44.1 Å². The number of piperazine rings is 1. The smallest absolute Gasteiger partial charge is 0.377 e. The molecule has 1 saturated heterocycles. The number of nitrogens with one attached hydrogen (secondary N) is 2. The van der Waals surface area contributed by atoms with E-state index in [0.717, 1.165) is 5.56 Å². The van der Waals surface area contributed by atoms with Crippen LogP contribution in [0.1, 0.15) is 24.8 Å². The molecule has 2 N–H and O–H groups in total. The number of halogens is 3. The molecule has 1 heterocycles. The standard InChI is InChI=1S/C17H19F3N2O3/c18-17(19,20)16(7-8-16)13-15(24)21-12(14(23)22-13)6-9-25-10-11-4-2-1-3-5-11/h1-5,12-13H,6-10H2,(H,21,24)(H,22,23). The van der Waals surface area contributed by atoms with Crippen molar-refractivity contribution in [2.75, 3.05) is 6.61 Å². The van der Waals surface area contributed by atoms with Crippen molar-refractivity contribution in [3.05, 3.63) is 35.9 Å². The average Bonchev–Trinajstić information content (AvgIpc) is 3.37. The van der Waals surface area contributed by atoms with E-state index in [-0.39, 0.29) is 25.9 Å². The second kappa shape index (κ2) is 6.67. The normalized spacial score (nSPS) is 25.2. The van der Waals surface area contributed by atoms with E-state index in [1.165, 1.54) is 0 Å². The van der Waals surface area contributed by atoms with E-state index in [0.29, 0.717) is 6.61 Å². The Labute approximate surface area is 142 Å². The molecule has 1 saturated carbocycles. The molecular formula is C17H19F3N2O3. The second-order valence-corrected chi connectivity index (χ2v) is 6.48. The Hall–Kier alpha value is -2.09. The first-order valence-corrected chi connectivity index (χ1v) is 8.13. The summed E-state index contributed by atoms with van der Waals surface area (Å²) < 4.78 is 44.9. The molecule has 1 aliphatic carbocycles. The molecule has 2 unspecified atom stereocenters. The first-order chi connectivity index (χ1) is 11.8. The molecule has 0 spiro atoms. The van der Waals surface area contributed by atoms with Crippen molar-refractivity contribution >= 4 is 11.8 Å². The van der Waals surface area contributed by atoms with Crippen LogP contribution in [0.4, 0.5) is 13.2 Å². The summed E-state index contributed by atoms with van der Waals surface area (Å²) in [6.07, 6.45) is -4.58. The Morgan fingerprint density at radius 1 is 1.08 bits per heavy atom. The Kier molecular flexibility index (Phi) is 4.73. The molecule has 2 amide bonds. The van der Waals surface area contributed by atoms with Gasteiger partial charge < -0.3 is 15.4 Å². The highest BCUT2D eigenvalue weighted by atomic mass is 19.4. The van der Waals surface area contributed by atoms with Gasteiger partial charge >= 0.3 is 6.18 Å². The highest BCUT2D eigenvalue weighted by Gasteiger charge is 2.70. The molecule has 1 aliphatic heterocycles. The fourth-order valence-electron chi connectivity index (χ4n) is 3.06. The van der Waals surface area contributed by atoms with Gasteiger partial charge in [0.25, 0.3) is 0 Å². The maximum absolute atomic E-state index is 13.1. The fourth-order valence-corrected chi connectivity index (χ4v) is 3.06. The zero-order valence-electron chi connectivity index (χ0n) is 13.4. The van der Waals surface area contributed by atoms with Gasteiger partial charge in [0.2, 0.25) is 11.8 Å². The van der Waals surface area contributed by atoms with Crippen molar-refractivity contribution in [3.8, 4) is 0 Å². The minimum atomic E-state index is -4.51. The molecule has 0 radical (unpaired) electrons. The molecule has 2 atom stereocenters. The van der Waals surface area contributed by atoms with E-state index in [1.54, 1.807) is 0 Å². The molecule has 2 aliphatic rings. The molecule has 1 aromatic rings. The number of amides is 2.